The van der Waals surface area contributed by atoms with Gasteiger partial charge in [0.15, 0.2) is 0 Å². The molecule has 0 unspecified atom stereocenters. The SMILES string of the molecule is NS(=O)(=O)c1ccc(Br)c(C(=O)OCc2csc3ccccc23)c1. The lowest BCUT2D eigenvalue weighted by Gasteiger charge is -2.07. The molecule has 0 fully saturated rings. The van der Waals surface area contributed by atoms with Crippen molar-refractivity contribution in [3.63, 3.8) is 0 Å². The molecule has 3 aromatic rings. The average Bonchev–Trinajstić information content (AvgIpc) is 2.95. The van der Waals surface area contributed by atoms with Crippen molar-refractivity contribution >= 4 is 53.3 Å². The Morgan fingerprint density at radius 1 is 1.21 bits per heavy atom. The first-order valence-electron chi connectivity index (χ1n) is 6.81. The second-order valence-electron chi connectivity index (χ2n) is 5.02. The van der Waals surface area contributed by atoms with Crippen molar-refractivity contribution in [2.45, 2.75) is 11.5 Å². The van der Waals surface area contributed by atoms with Crippen LogP contribution in [0.4, 0.5) is 0 Å². The van der Waals surface area contributed by atoms with Gasteiger partial charge in [0.05, 0.1) is 10.5 Å². The van der Waals surface area contributed by atoms with Gasteiger partial charge in [-0.3, -0.25) is 0 Å². The van der Waals surface area contributed by atoms with Gasteiger partial charge in [-0.1, -0.05) is 18.2 Å². The van der Waals surface area contributed by atoms with Gasteiger partial charge in [-0.15, -0.1) is 11.3 Å². The number of esters is 1. The minimum atomic E-state index is -3.89. The molecule has 0 aliphatic rings. The molecule has 3 rings (SSSR count). The summed E-state index contributed by atoms with van der Waals surface area (Å²) in [5.41, 5.74) is 1.02. The Bertz CT molecular complexity index is 1030. The van der Waals surface area contributed by atoms with E-state index < -0.39 is 16.0 Å². The number of fused-ring (bicyclic) bond motifs is 1. The molecule has 2 aromatic carbocycles. The number of thiophene rings is 1. The van der Waals surface area contributed by atoms with Crippen molar-refractivity contribution < 1.29 is 17.9 Å². The summed E-state index contributed by atoms with van der Waals surface area (Å²) in [5, 5.41) is 8.07. The lowest BCUT2D eigenvalue weighted by molar-refractivity contribution is 0.0473. The number of rotatable bonds is 4. The Kier molecular flexibility index (Phi) is 4.73. The molecule has 2 N–H and O–H groups in total. The lowest BCUT2D eigenvalue weighted by Crippen LogP contribution is -2.14. The fourth-order valence-corrected chi connectivity index (χ4v) is 4.10. The van der Waals surface area contributed by atoms with Crippen molar-refractivity contribution in [2.75, 3.05) is 0 Å². The molecular formula is C16H12BrNO4S2. The maximum absolute atomic E-state index is 12.3. The molecule has 0 saturated carbocycles. The molecule has 0 bridgehead atoms. The second-order valence-corrected chi connectivity index (χ2v) is 8.35. The summed E-state index contributed by atoms with van der Waals surface area (Å²) in [4.78, 5) is 12.2. The Morgan fingerprint density at radius 3 is 2.71 bits per heavy atom. The highest BCUT2D eigenvalue weighted by atomic mass is 79.9. The number of primary sulfonamides is 1. The van der Waals surface area contributed by atoms with Crippen molar-refractivity contribution in [3.8, 4) is 0 Å². The van der Waals surface area contributed by atoms with Crippen LogP contribution in [0.1, 0.15) is 15.9 Å². The normalized spacial score (nSPS) is 11.6. The van der Waals surface area contributed by atoms with Crippen molar-refractivity contribution in [2.24, 2.45) is 5.14 Å². The standard InChI is InChI=1S/C16H12BrNO4S2/c17-14-6-5-11(24(18,20)21)7-13(14)16(19)22-8-10-9-23-15-4-2-1-3-12(10)15/h1-7,9H,8H2,(H2,18,20,21). The van der Waals surface area contributed by atoms with E-state index in [2.05, 4.69) is 15.9 Å². The Balaban J connectivity index is 1.83. The van der Waals surface area contributed by atoms with Crippen LogP contribution in [0.5, 0.6) is 0 Å². The zero-order valence-corrected chi connectivity index (χ0v) is 15.4. The number of carbonyl (C=O) groups excluding carboxylic acids is 1. The van der Waals surface area contributed by atoms with Crippen LogP contribution in [0.3, 0.4) is 0 Å². The number of ether oxygens (including phenoxy) is 1. The van der Waals surface area contributed by atoms with Gasteiger partial charge in [-0.25, -0.2) is 18.4 Å². The van der Waals surface area contributed by atoms with Gasteiger partial charge in [0.25, 0.3) is 0 Å². The highest BCUT2D eigenvalue weighted by Crippen LogP contribution is 2.27. The molecular weight excluding hydrogens is 414 g/mol. The van der Waals surface area contributed by atoms with Gasteiger partial charge in [-0.05, 0) is 51.0 Å². The summed E-state index contributed by atoms with van der Waals surface area (Å²) in [6.07, 6.45) is 0. The largest absolute Gasteiger partial charge is 0.457 e. The number of nitrogens with two attached hydrogens (primary N) is 1. The van der Waals surface area contributed by atoms with E-state index in [4.69, 9.17) is 9.88 Å². The summed E-state index contributed by atoms with van der Waals surface area (Å²) in [6, 6.07) is 11.8. The molecule has 0 radical (unpaired) electrons. The summed E-state index contributed by atoms with van der Waals surface area (Å²) < 4.78 is 29.7. The van der Waals surface area contributed by atoms with E-state index in [1.54, 1.807) is 11.3 Å². The minimum Gasteiger partial charge on any atom is -0.457 e. The number of halogens is 1. The number of hydrogen-bond donors (Lipinski definition) is 1. The Labute approximate surface area is 151 Å². The minimum absolute atomic E-state index is 0.106. The molecule has 0 spiro atoms. The number of sulfonamides is 1. The smallest absolute Gasteiger partial charge is 0.339 e. The summed E-state index contributed by atoms with van der Waals surface area (Å²) >= 11 is 4.80. The highest BCUT2D eigenvalue weighted by Gasteiger charge is 2.17. The molecule has 0 saturated heterocycles. The van der Waals surface area contributed by atoms with Crippen molar-refractivity contribution in [1.29, 1.82) is 0 Å². The third-order valence-corrected chi connectivity index (χ3v) is 6.02. The van der Waals surface area contributed by atoms with E-state index >= 15 is 0 Å². The zero-order chi connectivity index (χ0) is 17.3. The molecule has 0 atom stereocenters. The van der Waals surface area contributed by atoms with Gasteiger partial charge in [-0.2, -0.15) is 0 Å². The maximum atomic E-state index is 12.3. The van der Waals surface area contributed by atoms with Crippen LogP contribution >= 0.6 is 27.3 Å². The van der Waals surface area contributed by atoms with Crippen LogP contribution in [0.2, 0.25) is 0 Å². The molecule has 0 amide bonds. The Morgan fingerprint density at radius 2 is 1.96 bits per heavy atom. The van der Waals surface area contributed by atoms with Crippen LogP contribution in [0.25, 0.3) is 10.1 Å². The van der Waals surface area contributed by atoms with Gasteiger partial charge in [0, 0.05) is 14.7 Å². The molecule has 5 nitrogen and oxygen atoms in total. The third kappa shape index (κ3) is 3.51. The first-order chi connectivity index (χ1) is 11.4. The van der Waals surface area contributed by atoms with E-state index in [1.807, 2.05) is 29.6 Å². The number of carbonyl (C=O) groups is 1. The van der Waals surface area contributed by atoms with Gasteiger partial charge in [0.1, 0.15) is 6.61 Å². The predicted molar refractivity (Wildman–Crippen MR) is 96.5 cm³/mol. The second kappa shape index (κ2) is 6.64. The summed E-state index contributed by atoms with van der Waals surface area (Å²) in [7, 11) is -3.89. The van der Waals surface area contributed by atoms with Crippen molar-refractivity contribution in [3.05, 3.63) is 63.4 Å². The molecule has 1 heterocycles. The van der Waals surface area contributed by atoms with Crippen LogP contribution in [0.15, 0.2) is 57.2 Å². The number of hydrogen-bond acceptors (Lipinski definition) is 5. The van der Waals surface area contributed by atoms with Crippen molar-refractivity contribution in [1.82, 2.24) is 0 Å². The number of benzene rings is 2. The molecule has 0 aliphatic carbocycles. The van der Waals surface area contributed by atoms with Gasteiger partial charge < -0.3 is 4.74 Å². The van der Waals surface area contributed by atoms with Crippen LogP contribution in [-0.2, 0) is 21.4 Å². The molecule has 124 valence electrons. The van der Waals surface area contributed by atoms with Gasteiger partial charge in [0.2, 0.25) is 10.0 Å². The fourth-order valence-electron chi connectivity index (χ4n) is 2.20. The van der Waals surface area contributed by atoms with Crippen LogP contribution < -0.4 is 5.14 Å². The zero-order valence-electron chi connectivity index (χ0n) is 12.2. The van der Waals surface area contributed by atoms with E-state index in [9.17, 15) is 13.2 Å². The lowest BCUT2D eigenvalue weighted by atomic mass is 10.2. The summed E-state index contributed by atoms with van der Waals surface area (Å²) in [5.74, 6) is -0.623. The molecule has 8 heteroatoms. The molecule has 24 heavy (non-hydrogen) atoms. The predicted octanol–water partition coefficient (Wildman–Crippen LogP) is 3.67. The first kappa shape index (κ1) is 17.1. The average molecular weight is 426 g/mol. The van der Waals surface area contributed by atoms with E-state index in [0.29, 0.717) is 4.47 Å². The topological polar surface area (TPSA) is 86.5 Å². The van der Waals surface area contributed by atoms with Crippen LogP contribution in [-0.4, -0.2) is 14.4 Å². The summed E-state index contributed by atoms with van der Waals surface area (Å²) in [6.45, 7) is 0.106. The van der Waals surface area contributed by atoms with E-state index in [-0.39, 0.29) is 17.1 Å². The molecule has 1 aromatic heterocycles. The highest BCUT2D eigenvalue weighted by molar-refractivity contribution is 9.10. The fraction of sp³-hybridized carbons (Fsp3) is 0.0625. The Hall–Kier alpha value is -1.74. The van der Waals surface area contributed by atoms with Gasteiger partial charge >= 0.3 is 5.97 Å². The maximum Gasteiger partial charge on any atom is 0.339 e. The molecule has 0 aliphatic heterocycles. The van der Waals surface area contributed by atoms with E-state index in [1.165, 1.54) is 18.2 Å². The van der Waals surface area contributed by atoms with Crippen LogP contribution in [0, 0.1) is 0 Å². The third-order valence-electron chi connectivity index (χ3n) is 3.41. The monoisotopic (exact) mass is 425 g/mol. The first-order valence-corrected chi connectivity index (χ1v) is 10.0. The van der Waals surface area contributed by atoms with E-state index in [0.717, 1.165) is 15.6 Å². The quantitative estimate of drug-likeness (QED) is 0.645.